The molecule has 0 saturated heterocycles. The van der Waals surface area contributed by atoms with E-state index in [1.165, 1.54) is 6.92 Å². The van der Waals surface area contributed by atoms with E-state index in [-0.39, 0.29) is 11.8 Å². The monoisotopic (exact) mass is 293 g/mol. The lowest BCUT2D eigenvalue weighted by molar-refractivity contribution is -0.128. The number of rotatable bonds is 7. The van der Waals surface area contributed by atoms with Crippen molar-refractivity contribution in [3.05, 3.63) is 24.0 Å². The van der Waals surface area contributed by atoms with Crippen molar-refractivity contribution in [3.63, 3.8) is 0 Å². The minimum Gasteiger partial charge on any atom is -0.497 e. The molecule has 0 aliphatic rings. The van der Waals surface area contributed by atoms with Gasteiger partial charge in [-0.3, -0.25) is 14.6 Å². The Bertz CT molecular complexity index is 489. The van der Waals surface area contributed by atoms with Crippen LogP contribution >= 0.6 is 0 Å². The van der Waals surface area contributed by atoms with Crippen LogP contribution in [0.2, 0.25) is 0 Å². The summed E-state index contributed by atoms with van der Waals surface area (Å²) < 4.78 is 5.10. The lowest BCUT2D eigenvalue weighted by Gasteiger charge is -2.19. The molecule has 0 fully saturated rings. The van der Waals surface area contributed by atoms with E-state index in [1.807, 2.05) is 13.8 Å². The molecule has 1 aromatic rings. The number of pyridine rings is 1. The van der Waals surface area contributed by atoms with Gasteiger partial charge in [-0.15, -0.1) is 0 Å². The van der Waals surface area contributed by atoms with E-state index in [0.717, 1.165) is 0 Å². The maximum absolute atomic E-state index is 12.2. The summed E-state index contributed by atoms with van der Waals surface area (Å²) in [5.74, 6) is 0.580. The molecule has 0 radical (unpaired) electrons. The van der Waals surface area contributed by atoms with E-state index in [1.54, 1.807) is 25.4 Å². The second kappa shape index (κ2) is 8.24. The molecular formula is C15H23N3O3. The van der Waals surface area contributed by atoms with Crippen molar-refractivity contribution in [2.75, 3.05) is 7.11 Å². The third-order valence-corrected chi connectivity index (χ3v) is 2.87. The quantitative estimate of drug-likeness (QED) is 0.793. The molecule has 0 aromatic carbocycles. The zero-order valence-corrected chi connectivity index (χ0v) is 13.0. The molecule has 0 saturated carbocycles. The van der Waals surface area contributed by atoms with Crippen LogP contribution in [0.25, 0.3) is 0 Å². The Morgan fingerprint density at radius 2 is 2.10 bits per heavy atom. The lowest BCUT2D eigenvalue weighted by atomic mass is 10.0. The van der Waals surface area contributed by atoms with Crippen LogP contribution in [0.4, 0.5) is 0 Å². The van der Waals surface area contributed by atoms with Crippen LogP contribution in [-0.4, -0.2) is 29.9 Å². The van der Waals surface area contributed by atoms with Crippen molar-refractivity contribution >= 4 is 11.8 Å². The number of nitrogens with zero attached hydrogens (tertiary/aromatic N) is 1. The standard InChI is InChI=1S/C15H23N3O3/c1-10(2)7-14(18-11(3)19)15(20)17-9-12-8-13(21-4)5-6-16-12/h5-6,8,10,14H,7,9H2,1-4H3,(H,17,20)(H,18,19)/t14-/m0/s1. The van der Waals surface area contributed by atoms with Crippen LogP contribution in [-0.2, 0) is 16.1 Å². The van der Waals surface area contributed by atoms with E-state index >= 15 is 0 Å². The van der Waals surface area contributed by atoms with Crippen LogP contribution < -0.4 is 15.4 Å². The summed E-state index contributed by atoms with van der Waals surface area (Å²) in [5.41, 5.74) is 0.703. The van der Waals surface area contributed by atoms with Gasteiger partial charge in [0.05, 0.1) is 19.3 Å². The Labute approximate surface area is 125 Å². The van der Waals surface area contributed by atoms with Crippen LogP contribution in [0, 0.1) is 5.92 Å². The van der Waals surface area contributed by atoms with E-state index in [0.29, 0.717) is 30.3 Å². The fourth-order valence-corrected chi connectivity index (χ4v) is 1.93. The largest absolute Gasteiger partial charge is 0.497 e. The SMILES string of the molecule is COc1ccnc(CNC(=O)[C@H](CC(C)C)NC(C)=O)c1. The molecule has 1 atom stereocenters. The molecule has 2 N–H and O–H groups in total. The molecule has 2 amide bonds. The van der Waals surface area contributed by atoms with E-state index in [9.17, 15) is 9.59 Å². The van der Waals surface area contributed by atoms with Gasteiger partial charge in [-0.25, -0.2) is 0 Å². The van der Waals surface area contributed by atoms with Gasteiger partial charge in [0, 0.05) is 19.2 Å². The highest BCUT2D eigenvalue weighted by atomic mass is 16.5. The second-order valence-electron chi connectivity index (χ2n) is 5.29. The number of nitrogens with one attached hydrogen (secondary N) is 2. The van der Waals surface area contributed by atoms with E-state index in [4.69, 9.17) is 4.74 Å². The number of hydrogen-bond acceptors (Lipinski definition) is 4. The molecule has 21 heavy (non-hydrogen) atoms. The third-order valence-electron chi connectivity index (χ3n) is 2.87. The lowest BCUT2D eigenvalue weighted by Crippen LogP contribution is -2.46. The highest BCUT2D eigenvalue weighted by Gasteiger charge is 2.20. The summed E-state index contributed by atoms with van der Waals surface area (Å²) >= 11 is 0. The number of methoxy groups -OCH3 is 1. The number of carbonyl (C=O) groups is 2. The van der Waals surface area contributed by atoms with Gasteiger partial charge in [0.1, 0.15) is 11.8 Å². The van der Waals surface area contributed by atoms with Gasteiger partial charge in [0.15, 0.2) is 0 Å². The first-order chi connectivity index (χ1) is 9.92. The molecule has 0 aliphatic carbocycles. The number of carbonyl (C=O) groups excluding carboxylic acids is 2. The van der Waals surface area contributed by atoms with Gasteiger partial charge in [0.25, 0.3) is 0 Å². The highest BCUT2D eigenvalue weighted by Crippen LogP contribution is 2.10. The maximum atomic E-state index is 12.2. The van der Waals surface area contributed by atoms with Crippen LogP contribution in [0.1, 0.15) is 32.9 Å². The van der Waals surface area contributed by atoms with Crippen LogP contribution in [0.3, 0.4) is 0 Å². The topological polar surface area (TPSA) is 80.3 Å². The van der Waals surface area contributed by atoms with Crippen molar-refractivity contribution in [3.8, 4) is 5.75 Å². The molecule has 0 unspecified atom stereocenters. The molecule has 116 valence electrons. The van der Waals surface area contributed by atoms with Crippen molar-refractivity contribution in [1.29, 1.82) is 0 Å². The first kappa shape index (κ1) is 16.9. The molecule has 1 rings (SSSR count). The molecule has 6 heteroatoms. The van der Waals surface area contributed by atoms with Gasteiger partial charge in [-0.05, 0) is 18.4 Å². The summed E-state index contributed by atoms with van der Waals surface area (Å²) in [5, 5.41) is 5.46. The Kier molecular flexibility index (Phi) is 6.65. The smallest absolute Gasteiger partial charge is 0.242 e. The van der Waals surface area contributed by atoms with Crippen molar-refractivity contribution in [1.82, 2.24) is 15.6 Å². The van der Waals surface area contributed by atoms with E-state index < -0.39 is 6.04 Å². The van der Waals surface area contributed by atoms with Crippen LogP contribution in [0.5, 0.6) is 5.75 Å². The van der Waals surface area contributed by atoms with Gasteiger partial charge < -0.3 is 15.4 Å². The van der Waals surface area contributed by atoms with Gasteiger partial charge in [0.2, 0.25) is 11.8 Å². The first-order valence-corrected chi connectivity index (χ1v) is 6.96. The molecule has 1 aromatic heterocycles. The maximum Gasteiger partial charge on any atom is 0.242 e. The van der Waals surface area contributed by atoms with Gasteiger partial charge >= 0.3 is 0 Å². The predicted octanol–water partition coefficient (Wildman–Crippen LogP) is 1.26. The Morgan fingerprint density at radius 1 is 1.38 bits per heavy atom. The van der Waals surface area contributed by atoms with E-state index in [2.05, 4.69) is 15.6 Å². The molecule has 1 heterocycles. The number of aromatic nitrogens is 1. The summed E-state index contributed by atoms with van der Waals surface area (Å²) in [6.07, 6.45) is 2.22. The summed E-state index contributed by atoms with van der Waals surface area (Å²) in [6.45, 7) is 5.71. The zero-order valence-electron chi connectivity index (χ0n) is 13.0. The molecule has 0 aliphatic heterocycles. The number of ether oxygens (including phenoxy) is 1. The third kappa shape index (κ3) is 6.25. The van der Waals surface area contributed by atoms with Gasteiger partial charge in [-0.2, -0.15) is 0 Å². The van der Waals surface area contributed by atoms with Gasteiger partial charge in [-0.1, -0.05) is 13.8 Å². The fourth-order valence-electron chi connectivity index (χ4n) is 1.93. The second-order valence-corrected chi connectivity index (χ2v) is 5.29. The minimum absolute atomic E-state index is 0.205. The minimum atomic E-state index is -0.520. The molecular weight excluding hydrogens is 270 g/mol. The fraction of sp³-hybridized carbons (Fsp3) is 0.533. The van der Waals surface area contributed by atoms with Crippen molar-refractivity contribution in [2.45, 2.75) is 39.8 Å². The predicted molar refractivity (Wildman–Crippen MR) is 79.7 cm³/mol. The normalized spacial score (nSPS) is 11.9. The summed E-state index contributed by atoms with van der Waals surface area (Å²) in [4.78, 5) is 27.5. The zero-order chi connectivity index (χ0) is 15.8. The molecule has 6 nitrogen and oxygen atoms in total. The summed E-state index contributed by atoms with van der Waals surface area (Å²) in [6, 6.07) is 2.98. The Morgan fingerprint density at radius 3 is 2.67 bits per heavy atom. The van der Waals surface area contributed by atoms with Crippen molar-refractivity contribution < 1.29 is 14.3 Å². The first-order valence-electron chi connectivity index (χ1n) is 6.96. The Balaban J connectivity index is 2.61. The summed E-state index contributed by atoms with van der Waals surface area (Å²) in [7, 11) is 1.58. The van der Waals surface area contributed by atoms with Crippen molar-refractivity contribution in [2.24, 2.45) is 5.92 Å². The highest BCUT2D eigenvalue weighted by molar-refractivity contribution is 5.86. The number of amides is 2. The average Bonchev–Trinajstić information content (AvgIpc) is 2.43. The molecule has 0 spiro atoms. The average molecular weight is 293 g/mol. The Hall–Kier alpha value is -2.11. The number of hydrogen-bond donors (Lipinski definition) is 2. The van der Waals surface area contributed by atoms with Crippen LogP contribution in [0.15, 0.2) is 18.3 Å². The molecule has 0 bridgehead atoms.